The number of nitrogens with one attached hydrogen (secondary N) is 1. The predicted octanol–water partition coefficient (Wildman–Crippen LogP) is 3.52. The summed E-state index contributed by atoms with van der Waals surface area (Å²) < 4.78 is 0. The van der Waals surface area contributed by atoms with Gasteiger partial charge in [-0.2, -0.15) is 0 Å². The molecule has 18 heavy (non-hydrogen) atoms. The van der Waals surface area contributed by atoms with Gasteiger partial charge in [-0.1, -0.05) is 27.7 Å². The third kappa shape index (κ3) is 4.24. The summed E-state index contributed by atoms with van der Waals surface area (Å²) in [6, 6.07) is 2.00. The molecule has 1 aliphatic rings. The molecule has 0 amide bonds. The Kier molecular flexibility index (Phi) is 5.67. The second-order valence-corrected chi connectivity index (χ2v) is 7.55. The molecule has 1 fully saturated rings. The van der Waals surface area contributed by atoms with Gasteiger partial charge >= 0.3 is 0 Å². The van der Waals surface area contributed by atoms with Gasteiger partial charge in [-0.25, -0.2) is 0 Å². The monoisotopic (exact) mass is 254 g/mol. The SMILES string of the molecule is CNC1CCC(C)(C)CC1N(CC(C)C)C(C)C. The molecule has 0 aromatic carbocycles. The Morgan fingerprint density at radius 3 is 2.28 bits per heavy atom. The smallest absolute Gasteiger partial charge is 0.0257 e. The maximum atomic E-state index is 3.56. The van der Waals surface area contributed by atoms with Crippen molar-refractivity contribution >= 4 is 0 Å². The van der Waals surface area contributed by atoms with E-state index in [1.807, 2.05) is 0 Å². The van der Waals surface area contributed by atoms with Gasteiger partial charge in [-0.05, 0) is 51.5 Å². The van der Waals surface area contributed by atoms with E-state index in [0.717, 1.165) is 5.92 Å². The van der Waals surface area contributed by atoms with Crippen molar-refractivity contribution in [2.24, 2.45) is 11.3 Å². The predicted molar refractivity (Wildman–Crippen MR) is 80.9 cm³/mol. The maximum Gasteiger partial charge on any atom is 0.0257 e. The molecular weight excluding hydrogens is 220 g/mol. The molecule has 0 bridgehead atoms. The number of hydrogen-bond donors (Lipinski definition) is 1. The summed E-state index contributed by atoms with van der Waals surface area (Å²) >= 11 is 0. The molecular formula is C16H34N2. The quantitative estimate of drug-likeness (QED) is 0.807. The molecule has 2 heteroatoms. The molecule has 0 spiro atoms. The topological polar surface area (TPSA) is 15.3 Å². The van der Waals surface area contributed by atoms with Crippen molar-refractivity contribution in [1.82, 2.24) is 10.2 Å². The van der Waals surface area contributed by atoms with Gasteiger partial charge in [-0.3, -0.25) is 4.90 Å². The highest BCUT2D eigenvalue weighted by Gasteiger charge is 2.38. The van der Waals surface area contributed by atoms with E-state index in [4.69, 9.17) is 0 Å². The van der Waals surface area contributed by atoms with Crippen molar-refractivity contribution in [3.05, 3.63) is 0 Å². The van der Waals surface area contributed by atoms with Crippen molar-refractivity contribution in [2.75, 3.05) is 13.6 Å². The molecule has 0 aromatic heterocycles. The first-order valence-electron chi connectivity index (χ1n) is 7.70. The molecule has 0 heterocycles. The molecule has 0 radical (unpaired) electrons. The van der Waals surface area contributed by atoms with Crippen molar-refractivity contribution in [3.63, 3.8) is 0 Å². The summed E-state index contributed by atoms with van der Waals surface area (Å²) in [5, 5.41) is 3.56. The number of nitrogens with zero attached hydrogens (tertiary/aromatic N) is 1. The van der Waals surface area contributed by atoms with Gasteiger partial charge in [-0.15, -0.1) is 0 Å². The third-order valence-corrected chi connectivity index (χ3v) is 4.39. The summed E-state index contributed by atoms with van der Waals surface area (Å²) in [7, 11) is 2.13. The van der Waals surface area contributed by atoms with E-state index in [1.54, 1.807) is 0 Å². The molecule has 0 saturated heterocycles. The van der Waals surface area contributed by atoms with Crippen LogP contribution in [0.1, 0.15) is 60.8 Å². The van der Waals surface area contributed by atoms with Crippen LogP contribution in [0.25, 0.3) is 0 Å². The Morgan fingerprint density at radius 2 is 1.83 bits per heavy atom. The minimum atomic E-state index is 0.502. The Morgan fingerprint density at radius 1 is 1.22 bits per heavy atom. The van der Waals surface area contributed by atoms with Crippen molar-refractivity contribution in [3.8, 4) is 0 Å². The Bertz CT molecular complexity index is 245. The Labute approximate surface area is 115 Å². The van der Waals surface area contributed by atoms with Crippen LogP contribution in [0.3, 0.4) is 0 Å². The van der Waals surface area contributed by atoms with Crippen LogP contribution >= 0.6 is 0 Å². The van der Waals surface area contributed by atoms with E-state index in [9.17, 15) is 0 Å². The van der Waals surface area contributed by atoms with E-state index in [0.29, 0.717) is 23.5 Å². The highest BCUT2D eigenvalue weighted by atomic mass is 15.2. The van der Waals surface area contributed by atoms with Crippen LogP contribution in [0.2, 0.25) is 0 Å². The van der Waals surface area contributed by atoms with Crippen LogP contribution in [0, 0.1) is 11.3 Å². The van der Waals surface area contributed by atoms with Gasteiger partial charge in [0, 0.05) is 24.7 Å². The third-order valence-electron chi connectivity index (χ3n) is 4.39. The molecule has 108 valence electrons. The molecule has 0 aliphatic heterocycles. The first kappa shape index (κ1) is 16.0. The lowest BCUT2D eigenvalue weighted by molar-refractivity contribution is 0.0392. The lowest BCUT2D eigenvalue weighted by atomic mass is 9.72. The highest BCUT2D eigenvalue weighted by molar-refractivity contribution is 4.95. The first-order valence-corrected chi connectivity index (χ1v) is 7.70. The molecule has 1 saturated carbocycles. The van der Waals surface area contributed by atoms with Crippen LogP contribution in [-0.2, 0) is 0 Å². The zero-order chi connectivity index (χ0) is 13.9. The van der Waals surface area contributed by atoms with Crippen molar-refractivity contribution in [2.45, 2.75) is 78.9 Å². The number of hydrogen-bond acceptors (Lipinski definition) is 2. The summed E-state index contributed by atoms with van der Waals surface area (Å²) in [4.78, 5) is 2.73. The fourth-order valence-electron chi connectivity index (χ4n) is 3.39. The van der Waals surface area contributed by atoms with Gasteiger partial charge in [0.2, 0.25) is 0 Å². The average Bonchev–Trinajstić information content (AvgIpc) is 2.24. The van der Waals surface area contributed by atoms with E-state index >= 15 is 0 Å². The van der Waals surface area contributed by atoms with E-state index < -0.39 is 0 Å². The molecule has 2 atom stereocenters. The normalized spacial score (nSPS) is 28.3. The first-order chi connectivity index (χ1) is 8.26. The molecule has 1 aliphatic carbocycles. The second-order valence-electron chi connectivity index (χ2n) is 7.55. The van der Waals surface area contributed by atoms with Gasteiger partial charge in [0.1, 0.15) is 0 Å². The van der Waals surface area contributed by atoms with Gasteiger partial charge in [0.15, 0.2) is 0 Å². The van der Waals surface area contributed by atoms with Crippen molar-refractivity contribution < 1.29 is 0 Å². The summed E-state index contributed by atoms with van der Waals surface area (Å²) in [5.41, 5.74) is 0.502. The molecule has 2 unspecified atom stereocenters. The van der Waals surface area contributed by atoms with Gasteiger partial charge in [0.25, 0.3) is 0 Å². The van der Waals surface area contributed by atoms with Crippen LogP contribution in [0.4, 0.5) is 0 Å². The van der Waals surface area contributed by atoms with E-state index in [1.165, 1.54) is 25.8 Å². The molecule has 2 nitrogen and oxygen atoms in total. The highest BCUT2D eigenvalue weighted by Crippen LogP contribution is 2.38. The Hall–Kier alpha value is -0.0800. The lowest BCUT2D eigenvalue weighted by Crippen LogP contribution is -2.56. The van der Waals surface area contributed by atoms with E-state index in [2.05, 4.69) is 58.8 Å². The lowest BCUT2D eigenvalue weighted by Gasteiger charge is -2.48. The molecule has 0 aromatic rings. The number of rotatable bonds is 5. The average molecular weight is 254 g/mol. The zero-order valence-electron chi connectivity index (χ0n) is 13.6. The fourth-order valence-corrected chi connectivity index (χ4v) is 3.39. The van der Waals surface area contributed by atoms with Crippen LogP contribution in [0.15, 0.2) is 0 Å². The number of likely N-dealkylation sites (N-methyl/N-ethyl adjacent to an activating group) is 1. The fraction of sp³-hybridized carbons (Fsp3) is 1.00. The van der Waals surface area contributed by atoms with Crippen LogP contribution < -0.4 is 5.32 Å². The second kappa shape index (κ2) is 6.38. The standard InChI is InChI=1S/C16H34N2/c1-12(2)11-18(13(3)4)15-10-16(5,6)9-8-14(15)17-7/h12-15,17H,8-11H2,1-7H3. The van der Waals surface area contributed by atoms with Crippen molar-refractivity contribution in [1.29, 1.82) is 0 Å². The van der Waals surface area contributed by atoms with Gasteiger partial charge < -0.3 is 5.32 Å². The zero-order valence-corrected chi connectivity index (χ0v) is 13.6. The maximum absolute atomic E-state index is 3.56. The summed E-state index contributed by atoms with van der Waals surface area (Å²) in [6.45, 7) is 15.4. The van der Waals surface area contributed by atoms with Crippen LogP contribution in [0.5, 0.6) is 0 Å². The van der Waals surface area contributed by atoms with Crippen LogP contribution in [-0.4, -0.2) is 36.6 Å². The van der Waals surface area contributed by atoms with E-state index in [-0.39, 0.29) is 0 Å². The summed E-state index contributed by atoms with van der Waals surface area (Å²) in [5.74, 6) is 0.745. The molecule has 1 N–H and O–H groups in total. The van der Waals surface area contributed by atoms with Gasteiger partial charge in [0.05, 0.1) is 0 Å². The largest absolute Gasteiger partial charge is 0.315 e. The summed E-state index contributed by atoms with van der Waals surface area (Å²) in [6.07, 6.45) is 3.99. The minimum Gasteiger partial charge on any atom is -0.315 e. The Balaban J connectivity index is 2.83. The minimum absolute atomic E-state index is 0.502. The molecule has 1 rings (SSSR count).